The van der Waals surface area contributed by atoms with E-state index in [0.717, 1.165) is 11.1 Å². The quantitative estimate of drug-likeness (QED) is 0.490. The number of ketones is 1. The van der Waals surface area contributed by atoms with Gasteiger partial charge in [-0.25, -0.2) is 9.78 Å². The monoisotopic (exact) mass is 467 g/mol. The fourth-order valence-corrected chi connectivity index (χ4v) is 4.07. The molecule has 1 N–H and O–H groups in total. The fraction of sp³-hybridized carbons (Fsp3) is 0.130. The first-order chi connectivity index (χ1) is 15.4. The van der Waals surface area contributed by atoms with E-state index in [4.69, 9.17) is 23.2 Å². The lowest BCUT2D eigenvalue weighted by Crippen LogP contribution is -2.46. The van der Waals surface area contributed by atoms with Gasteiger partial charge in [-0.05, 0) is 29.8 Å². The summed E-state index contributed by atoms with van der Waals surface area (Å²) in [5.41, 5.74) is 2.68. The first-order valence-corrected chi connectivity index (χ1v) is 10.5. The topological polar surface area (TPSA) is 78.4 Å². The summed E-state index contributed by atoms with van der Waals surface area (Å²) < 4.78 is 0. The normalized spacial score (nSPS) is 13.0. The molecule has 0 aliphatic carbocycles. The van der Waals surface area contributed by atoms with Crippen molar-refractivity contribution in [1.82, 2.24) is 9.97 Å². The summed E-state index contributed by atoms with van der Waals surface area (Å²) in [6, 6.07) is 12.2. The molecule has 1 aliphatic rings. The summed E-state index contributed by atoms with van der Waals surface area (Å²) in [5, 5.41) is 3.91. The predicted octanol–water partition coefficient (Wildman–Crippen LogP) is 5.40. The number of benzene rings is 2. The minimum Gasteiger partial charge on any atom is -0.324 e. The molecule has 2 amide bonds. The van der Waals surface area contributed by atoms with E-state index in [0.29, 0.717) is 33.2 Å². The molecular weight excluding hydrogens is 449 g/mol. The molecule has 3 aromatic rings. The molecule has 0 saturated heterocycles. The Bertz CT molecular complexity index is 1210. The van der Waals surface area contributed by atoms with Crippen LogP contribution in [0.15, 0.2) is 61.3 Å². The second-order valence-corrected chi connectivity index (χ2v) is 7.98. The third-order valence-electron chi connectivity index (χ3n) is 5.07. The Hall–Kier alpha value is -3.42. The molecule has 1 aliphatic heterocycles. The van der Waals surface area contributed by atoms with Crippen LogP contribution in [-0.2, 0) is 17.8 Å². The van der Waals surface area contributed by atoms with E-state index in [-0.39, 0.29) is 24.8 Å². The molecule has 0 radical (unpaired) electrons. The Morgan fingerprint density at radius 3 is 2.62 bits per heavy atom. The molecule has 0 bridgehead atoms. The van der Waals surface area contributed by atoms with Gasteiger partial charge in [-0.1, -0.05) is 54.0 Å². The third-order valence-corrected chi connectivity index (χ3v) is 5.68. The van der Waals surface area contributed by atoms with Crippen molar-refractivity contribution >= 4 is 58.2 Å². The van der Waals surface area contributed by atoms with Crippen molar-refractivity contribution in [3.8, 4) is 0 Å². The van der Waals surface area contributed by atoms with Crippen LogP contribution in [0.4, 0.5) is 27.9 Å². The van der Waals surface area contributed by atoms with Crippen LogP contribution in [0.3, 0.4) is 0 Å². The number of amides is 2. The number of anilines is 4. The molecule has 0 unspecified atom stereocenters. The molecule has 0 fully saturated rings. The van der Waals surface area contributed by atoms with Gasteiger partial charge in [0.1, 0.15) is 5.82 Å². The SMILES string of the molecule is C=CC(=O)Cc1ccccc1Nc1ncc2c(n1)N(C)C(=O)N(c1c(Cl)cccc1Cl)C2. The van der Waals surface area contributed by atoms with Crippen molar-refractivity contribution in [3.63, 3.8) is 0 Å². The van der Waals surface area contributed by atoms with Gasteiger partial charge >= 0.3 is 6.03 Å². The number of urea groups is 1. The van der Waals surface area contributed by atoms with Gasteiger partial charge in [0.15, 0.2) is 5.78 Å². The van der Waals surface area contributed by atoms with Gasteiger partial charge in [-0.3, -0.25) is 14.6 Å². The van der Waals surface area contributed by atoms with E-state index in [1.165, 1.54) is 15.9 Å². The van der Waals surface area contributed by atoms with E-state index < -0.39 is 0 Å². The van der Waals surface area contributed by atoms with Crippen LogP contribution in [0.25, 0.3) is 0 Å². The number of allylic oxidation sites excluding steroid dienone is 1. The van der Waals surface area contributed by atoms with Crippen molar-refractivity contribution in [2.24, 2.45) is 0 Å². The van der Waals surface area contributed by atoms with Crippen molar-refractivity contribution in [3.05, 3.63) is 82.5 Å². The Morgan fingerprint density at radius 1 is 1.19 bits per heavy atom. The maximum Gasteiger partial charge on any atom is 0.330 e. The van der Waals surface area contributed by atoms with Gasteiger partial charge in [0.2, 0.25) is 5.95 Å². The minimum absolute atomic E-state index is 0.0886. The van der Waals surface area contributed by atoms with Gasteiger partial charge in [-0.15, -0.1) is 0 Å². The summed E-state index contributed by atoms with van der Waals surface area (Å²) in [4.78, 5) is 36.8. The van der Waals surface area contributed by atoms with E-state index in [2.05, 4.69) is 21.9 Å². The Labute approximate surface area is 195 Å². The molecule has 32 heavy (non-hydrogen) atoms. The van der Waals surface area contributed by atoms with Crippen LogP contribution < -0.4 is 15.1 Å². The van der Waals surface area contributed by atoms with Gasteiger partial charge in [0.05, 0.1) is 22.3 Å². The number of fused-ring (bicyclic) bond motifs is 1. The highest BCUT2D eigenvalue weighted by molar-refractivity contribution is 6.40. The summed E-state index contributed by atoms with van der Waals surface area (Å²) in [7, 11) is 1.63. The Morgan fingerprint density at radius 2 is 1.91 bits per heavy atom. The number of carbonyl (C=O) groups excluding carboxylic acids is 2. The van der Waals surface area contributed by atoms with E-state index in [1.807, 2.05) is 24.3 Å². The highest BCUT2D eigenvalue weighted by Gasteiger charge is 2.32. The van der Waals surface area contributed by atoms with Crippen LogP contribution >= 0.6 is 23.2 Å². The molecular formula is C23H19Cl2N5O2. The molecule has 9 heteroatoms. The van der Waals surface area contributed by atoms with Crippen molar-refractivity contribution in [2.45, 2.75) is 13.0 Å². The van der Waals surface area contributed by atoms with Crippen LogP contribution in [0, 0.1) is 0 Å². The van der Waals surface area contributed by atoms with Crippen molar-refractivity contribution in [1.29, 1.82) is 0 Å². The second kappa shape index (κ2) is 8.98. The number of halogens is 2. The lowest BCUT2D eigenvalue weighted by atomic mass is 10.1. The zero-order valence-electron chi connectivity index (χ0n) is 17.2. The smallest absolute Gasteiger partial charge is 0.324 e. The molecule has 7 nitrogen and oxygen atoms in total. The molecule has 162 valence electrons. The standard InChI is InChI=1S/C23H19Cl2N5O2/c1-3-16(31)11-14-7-4-5-10-19(14)27-22-26-12-15-13-30(23(32)29(2)21(15)28-22)20-17(24)8-6-9-18(20)25/h3-10,12H,1,11,13H2,2H3,(H,26,27,28). The lowest BCUT2D eigenvalue weighted by molar-refractivity contribution is -0.114. The molecule has 1 aromatic heterocycles. The van der Waals surface area contributed by atoms with Gasteiger partial charge in [-0.2, -0.15) is 4.98 Å². The number of aromatic nitrogens is 2. The molecule has 0 saturated carbocycles. The first kappa shape index (κ1) is 21.8. The van der Waals surface area contributed by atoms with Crippen LogP contribution in [0.2, 0.25) is 10.0 Å². The maximum absolute atomic E-state index is 13.1. The van der Waals surface area contributed by atoms with Gasteiger partial charge in [0, 0.05) is 30.9 Å². The number of nitrogens with one attached hydrogen (secondary N) is 1. The number of nitrogens with zero attached hydrogens (tertiary/aromatic N) is 4. The van der Waals surface area contributed by atoms with Gasteiger partial charge < -0.3 is 5.32 Å². The molecule has 2 heterocycles. The number of hydrogen-bond acceptors (Lipinski definition) is 5. The minimum atomic E-state index is -0.311. The van der Waals surface area contributed by atoms with Crippen LogP contribution in [0.5, 0.6) is 0 Å². The van der Waals surface area contributed by atoms with E-state index in [1.54, 1.807) is 31.4 Å². The number of rotatable bonds is 6. The largest absolute Gasteiger partial charge is 0.330 e. The molecule has 0 atom stereocenters. The summed E-state index contributed by atoms with van der Waals surface area (Å²) >= 11 is 12.6. The zero-order chi connectivity index (χ0) is 22.8. The predicted molar refractivity (Wildman–Crippen MR) is 127 cm³/mol. The fourth-order valence-electron chi connectivity index (χ4n) is 3.47. The van der Waals surface area contributed by atoms with Gasteiger partial charge in [0.25, 0.3) is 0 Å². The summed E-state index contributed by atoms with van der Waals surface area (Å²) in [5.74, 6) is 0.701. The first-order valence-electron chi connectivity index (χ1n) is 9.74. The van der Waals surface area contributed by atoms with Crippen molar-refractivity contribution in [2.75, 3.05) is 22.2 Å². The molecule has 4 rings (SSSR count). The summed E-state index contributed by atoms with van der Waals surface area (Å²) in [6.45, 7) is 3.75. The molecule has 2 aromatic carbocycles. The third kappa shape index (κ3) is 4.17. The summed E-state index contributed by atoms with van der Waals surface area (Å²) in [6.07, 6.45) is 3.16. The van der Waals surface area contributed by atoms with E-state index >= 15 is 0 Å². The number of carbonyl (C=O) groups is 2. The Balaban J connectivity index is 1.64. The van der Waals surface area contributed by atoms with Crippen LogP contribution in [0.1, 0.15) is 11.1 Å². The number of hydrogen-bond donors (Lipinski definition) is 1. The van der Waals surface area contributed by atoms with E-state index in [9.17, 15) is 9.59 Å². The maximum atomic E-state index is 13.1. The zero-order valence-corrected chi connectivity index (χ0v) is 18.7. The average Bonchev–Trinajstić information content (AvgIpc) is 2.78. The Kier molecular flexibility index (Phi) is 6.12. The molecule has 0 spiro atoms. The van der Waals surface area contributed by atoms with Crippen molar-refractivity contribution < 1.29 is 9.59 Å². The van der Waals surface area contributed by atoms with Crippen LogP contribution in [-0.4, -0.2) is 28.8 Å². The average molecular weight is 468 g/mol. The highest BCUT2D eigenvalue weighted by atomic mass is 35.5. The number of para-hydroxylation sites is 2. The lowest BCUT2D eigenvalue weighted by Gasteiger charge is -2.34. The highest BCUT2D eigenvalue weighted by Crippen LogP contribution is 2.38. The second-order valence-electron chi connectivity index (χ2n) is 7.17.